The van der Waals surface area contributed by atoms with Gasteiger partial charge in [0.15, 0.2) is 0 Å². The lowest BCUT2D eigenvalue weighted by Crippen LogP contribution is -2.38. The Morgan fingerprint density at radius 1 is 1.29 bits per heavy atom. The third kappa shape index (κ3) is 3.95. The van der Waals surface area contributed by atoms with E-state index >= 15 is 0 Å². The molecule has 14 heavy (non-hydrogen) atoms. The molecule has 0 spiro atoms. The molecule has 0 bridgehead atoms. The van der Waals surface area contributed by atoms with E-state index in [9.17, 15) is 0 Å². The van der Waals surface area contributed by atoms with Crippen LogP contribution in [-0.2, 0) is 0 Å². The SMILES string of the molecule is CNCCN(CCCO)C1CCCC1. The quantitative estimate of drug-likeness (QED) is 0.639. The second kappa shape index (κ2) is 7.21. The van der Waals surface area contributed by atoms with Gasteiger partial charge in [-0.3, -0.25) is 4.90 Å². The van der Waals surface area contributed by atoms with Crippen molar-refractivity contribution in [2.24, 2.45) is 0 Å². The van der Waals surface area contributed by atoms with E-state index in [2.05, 4.69) is 10.2 Å². The van der Waals surface area contributed by atoms with Gasteiger partial charge in [-0.2, -0.15) is 0 Å². The normalized spacial score (nSPS) is 18.2. The van der Waals surface area contributed by atoms with E-state index in [4.69, 9.17) is 5.11 Å². The Hall–Kier alpha value is -0.120. The van der Waals surface area contributed by atoms with Gasteiger partial charge in [-0.1, -0.05) is 12.8 Å². The van der Waals surface area contributed by atoms with Crippen LogP contribution in [0.3, 0.4) is 0 Å². The van der Waals surface area contributed by atoms with Crippen molar-refractivity contribution >= 4 is 0 Å². The lowest BCUT2D eigenvalue weighted by atomic mass is 10.2. The minimum absolute atomic E-state index is 0.322. The first-order valence-corrected chi connectivity index (χ1v) is 5.88. The van der Waals surface area contributed by atoms with E-state index in [0.717, 1.165) is 32.1 Å². The Labute approximate surface area is 87.5 Å². The molecule has 1 saturated carbocycles. The molecule has 1 aliphatic carbocycles. The van der Waals surface area contributed by atoms with Crippen LogP contribution in [0.5, 0.6) is 0 Å². The second-order valence-electron chi connectivity index (χ2n) is 4.15. The molecular formula is C11H24N2O. The molecule has 0 aromatic rings. The molecule has 1 aliphatic rings. The van der Waals surface area contributed by atoms with Gasteiger partial charge < -0.3 is 10.4 Å². The molecule has 0 radical (unpaired) electrons. The summed E-state index contributed by atoms with van der Waals surface area (Å²) in [6.45, 7) is 3.56. The minimum Gasteiger partial charge on any atom is -0.396 e. The highest BCUT2D eigenvalue weighted by molar-refractivity contribution is 4.77. The molecule has 0 amide bonds. The van der Waals surface area contributed by atoms with Gasteiger partial charge in [0, 0.05) is 32.3 Å². The third-order valence-corrected chi connectivity index (χ3v) is 3.09. The van der Waals surface area contributed by atoms with Gasteiger partial charge >= 0.3 is 0 Å². The molecule has 1 rings (SSSR count). The van der Waals surface area contributed by atoms with Crippen LogP contribution in [-0.4, -0.2) is 49.3 Å². The molecule has 84 valence electrons. The summed E-state index contributed by atoms with van der Waals surface area (Å²) in [5, 5.41) is 12.0. The average molecular weight is 200 g/mol. The van der Waals surface area contributed by atoms with Crippen LogP contribution in [0.4, 0.5) is 0 Å². The molecule has 3 nitrogen and oxygen atoms in total. The van der Waals surface area contributed by atoms with Gasteiger partial charge in [-0.05, 0) is 26.3 Å². The smallest absolute Gasteiger partial charge is 0.0443 e. The molecule has 0 unspecified atom stereocenters. The average Bonchev–Trinajstić information content (AvgIpc) is 2.71. The van der Waals surface area contributed by atoms with Crippen LogP contribution in [0, 0.1) is 0 Å². The highest BCUT2D eigenvalue weighted by Crippen LogP contribution is 2.23. The predicted molar refractivity (Wildman–Crippen MR) is 59.5 cm³/mol. The largest absolute Gasteiger partial charge is 0.396 e. The van der Waals surface area contributed by atoms with Crippen LogP contribution < -0.4 is 5.32 Å². The number of nitrogens with one attached hydrogen (secondary N) is 1. The zero-order chi connectivity index (χ0) is 10.2. The summed E-state index contributed by atoms with van der Waals surface area (Å²) in [7, 11) is 2.00. The van der Waals surface area contributed by atoms with Crippen molar-refractivity contribution in [1.82, 2.24) is 10.2 Å². The topological polar surface area (TPSA) is 35.5 Å². The van der Waals surface area contributed by atoms with Crippen molar-refractivity contribution < 1.29 is 5.11 Å². The zero-order valence-electron chi connectivity index (χ0n) is 9.34. The molecule has 0 saturated heterocycles. The van der Waals surface area contributed by atoms with E-state index < -0.39 is 0 Å². The first-order valence-electron chi connectivity index (χ1n) is 5.88. The van der Waals surface area contributed by atoms with Gasteiger partial charge in [0.2, 0.25) is 0 Å². The lowest BCUT2D eigenvalue weighted by Gasteiger charge is -2.28. The van der Waals surface area contributed by atoms with Crippen LogP contribution in [0.1, 0.15) is 32.1 Å². The van der Waals surface area contributed by atoms with Crippen molar-refractivity contribution in [3.63, 3.8) is 0 Å². The minimum atomic E-state index is 0.322. The van der Waals surface area contributed by atoms with Crippen molar-refractivity contribution in [3.05, 3.63) is 0 Å². The summed E-state index contributed by atoms with van der Waals surface area (Å²) >= 11 is 0. The Morgan fingerprint density at radius 3 is 2.57 bits per heavy atom. The molecule has 1 fully saturated rings. The highest BCUT2D eigenvalue weighted by atomic mass is 16.3. The van der Waals surface area contributed by atoms with Crippen LogP contribution in [0.25, 0.3) is 0 Å². The molecule has 0 aromatic carbocycles. The van der Waals surface area contributed by atoms with Crippen LogP contribution in [0.2, 0.25) is 0 Å². The number of likely N-dealkylation sites (N-methyl/N-ethyl adjacent to an activating group) is 1. The fourth-order valence-electron chi connectivity index (χ4n) is 2.28. The fourth-order valence-corrected chi connectivity index (χ4v) is 2.28. The molecule has 3 heteroatoms. The number of rotatable bonds is 7. The number of aliphatic hydroxyl groups is 1. The first-order chi connectivity index (χ1) is 6.88. The summed E-state index contributed by atoms with van der Waals surface area (Å²) in [6.07, 6.45) is 6.41. The molecule has 0 aromatic heterocycles. The number of hydrogen-bond donors (Lipinski definition) is 2. The van der Waals surface area contributed by atoms with Crippen molar-refractivity contribution in [2.75, 3.05) is 33.3 Å². The maximum absolute atomic E-state index is 8.84. The number of aliphatic hydroxyl groups excluding tert-OH is 1. The van der Waals surface area contributed by atoms with Gasteiger partial charge in [-0.25, -0.2) is 0 Å². The third-order valence-electron chi connectivity index (χ3n) is 3.09. The summed E-state index contributed by atoms with van der Waals surface area (Å²) in [6, 6.07) is 0.787. The van der Waals surface area contributed by atoms with Crippen LogP contribution >= 0.6 is 0 Å². The molecular weight excluding hydrogens is 176 g/mol. The maximum Gasteiger partial charge on any atom is 0.0443 e. The van der Waals surface area contributed by atoms with E-state index in [1.165, 1.54) is 25.7 Å². The Morgan fingerprint density at radius 2 is 2.00 bits per heavy atom. The fraction of sp³-hybridized carbons (Fsp3) is 1.00. The number of nitrogens with zero attached hydrogens (tertiary/aromatic N) is 1. The first kappa shape index (κ1) is 12.0. The molecule has 0 atom stereocenters. The number of hydrogen-bond acceptors (Lipinski definition) is 3. The van der Waals surface area contributed by atoms with Gasteiger partial charge in [0.1, 0.15) is 0 Å². The van der Waals surface area contributed by atoms with Crippen molar-refractivity contribution in [1.29, 1.82) is 0 Å². The maximum atomic E-state index is 8.84. The monoisotopic (exact) mass is 200 g/mol. The van der Waals surface area contributed by atoms with E-state index in [-0.39, 0.29) is 0 Å². The molecule has 0 aliphatic heterocycles. The zero-order valence-corrected chi connectivity index (χ0v) is 9.34. The second-order valence-corrected chi connectivity index (χ2v) is 4.15. The van der Waals surface area contributed by atoms with E-state index in [1.54, 1.807) is 0 Å². The Kier molecular flexibility index (Phi) is 6.15. The predicted octanol–water partition coefficient (Wildman–Crippen LogP) is 0.833. The lowest BCUT2D eigenvalue weighted by molar-refractivity contribution is 0.176. The van der Waals surface area contributed by atoms with Gasteiger partial charge in [0.05, 0.1) is 0 Å². The standard InChI is InChI=1S/C11H24N2O/c1-12-7-9-13(8-4-10-14)11-5-2-3-6-11/h11-12,14H,2-10H2,1H3. The molecule has 2 N–H and O–H groups in total. The Bertz CT molecular complexity index is 127. The summed E-state index contributed by atoms with van der Waals surface area (Å²) < 4.78 is 0. The van der Waals surface area contributed by atoms with E-state index in [1.807, 2.05) is 7.05 Å². The van der Waals surface area contributed by atoms with Gasteiger partial charge in [-0.15, -0.1) is 0 Å². The van der Waals surface area contributed by atoms with Crippen molar-refractivity contribution in [2.45, 2.75) is 38.1 Å². The van der Waals surface area contributed by atoms with E-state index in [0.29, 0.717) is 6.61 Å². The van der Waals surface area contributed by atoms with Crippen LogP contribution in [0.15, 0.2) is 0 Å². The summed E-state index contributed by atoms with van der Waals surface area (Å²) in [4.78, 5) is 2.54. The molecule has 0 heterocycles. The summed E-state index contributed by atoms with van der Waals surface area (Å²) in [5.41, 5.74) is 0. The Balaban J connectivity index is 2.26. The van der Waals surface area contributed by atoms with Crippen molar-refractivity contribution in [3.8, 4) is 0 Å². The van der Waals surface area contributed by atoms with Gasteiger partial charge in [0.25, 0.3) is 0 Å². The summed E-state index contributed by atoms with van der Waals surface area (Å²) in [5.74, 6) is 0. The highest BCUT2D eigenvalue weighted by Gasteiger charge is 2.21.